The molecule has 34 heavy (non-hydrogen) atoms. The minimum Gasteiger partial charge on any atom is -0.302 e. The molecule has 5 rings (SSSR count). The number of fused-ring (bicyclic) bond motifs is 3. The van der Waals surface area contributed by atoms with Crippen LogP contribution in [-0.4, -0.2) is 33.9 Å². The first kappa shape index (κ1) is 22.3. The van der Waals surface area contributed by atoms with Gasteiger partial charge in [-0.15, -0.1) is 20.4 Å². The first-order valence-electron chi connectivity index (χ1n) is 11.3. The van der Waals surface area contributed by atoms with Crippen LogP contribution in [-0.2, 0) is 24.8 Å². The second-order valence-corrected chi connectivity index (χ2v) is 10.2. The quantitative estimate of drug-likeness (QED) is 0.351. The maximum atomic E-state index is 12.7. The summed E-state index contributed by atoms with van der Waals surface area (Å²) in [6.45, 7) is 9.47. The van der Waals surface area contributed by atoms with Crippen molar-refractivity contribution in [2.24, 2.45) is 7.05 Å². The lowest BCUT2D eigenvalue weighted by Gasteiger charge is -2.19. The fourth-order valence-electron chi connectivity index (χ4n) is 4.13. The van der Waals surface area contributed by atoms with Crippen molar-refractivity contribution >= 4 is 28.4 Å². The normalized spacial score (nSPS) is 12.1. The number of thioether (sulfide) groups is 1. The molecule has 0 bridgehead atoms. The van der Waals surface area contributed by atoms with E-state index in [-0.39, 0.29) is 11.0 Å². The monoisotopic (exact) mass is 473 g/mol. The molecule has 0 fully saturated rings. The van der Waals surface area contributed by atoms with E-state index in [1.807, 2.05) is 28.7 Å². The zero-order chi connectivity index (χ0) is 24.0. The van der Waals surface area contributed by atoms with Crippen molar-refractivity contribution in [3.8, 4) is 11.4 Å². The molecule has 0 amide bonds. The highest BCUT2D eigenvalue weighted by atomic mass is 32.2. The van der Waals surface area contributed by atoms with Gasteiger partial charge in [0.05, 0.1) is 16.7 Å². The molecule has 0 unspecified atom stereocenters. The summed E-state index contributed by atoms with van der Waals surface area (Å²) in [6.07, 6.45) is 0. The van der Waals surface area contributed by atoms with Crippen LogP contribution in [0.25, 0.3) is 28.1 Å². The Labute approximate surface area is 201 Å². The maximum absolute atomic E-state index is 12.7. The minimum atomic E-state index is -0.0810. The predicted molar refractivity (Wildman–Crippen MR) is 135 cm³/mol. The second-order valence-electron chi connectivity index (χ2n) is 9.30. The molecule has 8 nitrogen and oxygen atoms in total. The number of aryl methyl sites for hydroxylation is 1. The van der Waals surface area contributed by atoms with Gasteiger partial charge >= 0.3 is 0 Å². The average Bonchev–Trinajstić information content (AvgIpc) is 3.45. The van der Waals surface area contributed by atoms with Gasteiger partial charge in [-0.1, -0.05) is 68.9 Å². The fraction of sp³-hybridized carbons (Fsp3) is 0.320. The van der Waals surface area contributed by atoms with E-state index in [1.54, 1.807) is 18.8 Å². The van der Waals surface area contributed by atoms with Gasteiger partial charge in [-0.05, 0) is 30.0 Å². The summed E-state index contributed by atoms with van der Waals surface area (Å²) in [4.78, 5) is 12.7. The highest BCUT2D eigenvalue weighted by Crippen LogP contribution is 2.29. The molecule has 3 aromatic heterocycles. The Kier molecular flexibility index (Phi) is 5.51. The lowest BCUT2D eigenvalue weighted by Crippen LogP contribution is -2.20. The van der Waals surface area contributed by atoms with Gasteiger partial charge in [0, 0.05) is 19.2 Å². The third-order valence-corrected chi connectivity index (χ3v) is 7.03. The standard InChI is InChI=1S/C25H27N7OS/c1-6-31-21(16-11-13-17(14-12-16)25(2,3)4)27-29-24(31)34-15-20-26-28-23-30(5)22(33)18-9-7-8-10-19(18)32(20)23/h7-14H,6,15H2,1-5H3. The van der Waals surface area contributed by atoms with Crippen LogP contribution in [0.1, 0.15) is 39.1 Å². The Morgan fingerprint density at radius 3 is 2.38 bits per heavy atom. The Bertz CT molecular complexity index is 1560. The number of benzene rings is 2. The molecule has 5 aromatic rings. The summed E-state index contributed by atoms with van der Waals surface area (Å²) in [5.41, 5.74) is 3.16. The van der Waals surface area contributed by atoms with E-state index in [2.05, 4.69) is 76.9 Å². The molecule has 9 heteroatoms. The molecule has 0 aliphatic heterocycles. The Hall–Kier alpha value is -3.46. The van der Waals surface area contributed by atoms with Gasteiger partial charge < -0.3 is 4.57 Å². The van der Waals surface area contributed by atoms with Crippen molar-refractivity contribution in [3.05, 3.63) is 70.3 Å². The van der Waals surface area contributed by atoms with Crippen molar-refractivity contribution in [2.45, 2.75) is 50.6 Å². The number of aromatic nitrogens is 7. The molecule has 0 aliphatic carbocycles. The van der Waals surface area contributed by atoms with Gasteiger partial charge in [0.1, 0.15) is 5.82 Å². The third kappa shape index (κ3) is 3.69. The van der Waals surface area contributed by atoms with Crippen LogP contribution in [0, 0.1) is 0 Å². The second kappa shape index (κ2) is 8.39. The maximum Gasteiger partial charge on any atom is 0.262 e. The van der Waals surface area contributed by atoms with E-state index in [0.29, 0.717) is 16.9 Å². The third-order valence-electron chi connectivity index (χ3n) is 6.07. The van der Waals surface area contributed by atoms with E-state index in [0.717, 1.165) is 34.4 Å². The number of rotatable bonds is 5. The molecule has 3 heterocycles. The highest BCUT2D eigenvalue weighted by molar-refractivity contribution is 7.98. The van der Waals surface area contributed by atoms with Crippen molar-refractivity contribution in [3.63, 3.8) is 0 Å². The molecular weight excluding hydrogens is 446 g/mol. The van der Waals surface area contributed by atoms with Crippen LogP contribution in [0.4, 0.5) is 0 Å². The summed E-state index contributed by atoms with van der Waals surface area (Å²) in [6, 6.07) is 16.1. The van der Waals surface area contributed by atoms with Crippen LogP contribution < -0.4 is 5.56 Å². The smallest absolute Gasteiger partial charge is 0.262 e. The van der Waals surface area contributed by atoms with E-state index >= 15 is 0 Å². The predicted octanol–water partition coefficient (Wildman–Crippen LogP) is 4.45. The summed E-state index contributed by atoms with van der Waals surface area (Å²) in [5, 5.41) is 19.1. The Morgan fingerprint density at radius 2 is 1.68 bits per heavy atom. The van der Waals surface area contributed by atoms with Crippen molar-refractivity contribution in [1.29, 1.82) is 0 Å². The van der Waals surface area contributed by atoms with Crippen LogP contribution in [0.3, 0.4) is 0 Å². The molecule has 0 saturated carbocycles. The zero-order valence-corrected chi connectivity index (χ0v) is 20.8. The van der Waals surface area contributed by atoms with Gasteiger partial charge in [-0.2, -0.15) is 0 Å². The van der Waals surface area contributed by atoms with E-state index in [1.165, 1.54) is 10.1 Å². The molecule has 174 valence electrons. The molecule has 0 radical (unpaired) electrons. The van der Waals surface area contributed by atoms with Gasteiger partial charge in [0.25, 0.3) is 5.56 Å². The van der Waals surface area contributed by atoms with E-state index in [9.17, 15) is 4.79 Å². The molecule has 0 aliphatic rings. The van der Waals surface area contributed by atoms with Gasteiger partial charge in [0.2, 0.25) is 5.78 Å². The molecule has 0 N–H and O–H groups in total. The first-order chi connectivity index (χ1) is 16.3. The first-order valence-corrected chi connectivity index (χ1v) is 12.3. The lowest BCUT2D eigenvalue weighted by molar-refractivity contribution is 0.590. The van der Waals surface area contributed by atoms with Crippen LogP contribution in [0.2, 0.25) is 0 Å². The number of para-hydroxylation sites is 1. The summed E-state index contributed by atoms with van der Waals surface area (Å²) < 4.78 is 5.60. The summed E-state index contributed by atoms with van der Waals surface area (Å²) in [5.74, 6) is 2.68. The van der Waals surface area contributed by atoms with E-state index in [4.69, 9.17) is 0 Å². The van der Waals surface area contributed by atoms with Gasteiger partial charge in [-0.3, -0.25) is 13.8 Å². The number of hydrogen-bond acceptors (Lipinski definition) is 6. The number of nitrogens with zero attached hydrogens (tertiary/aromatic N) is 7. The minimum absolute atomic E-state index is 0.0810. The molecule has 0 spiro atoms. The number of hydrogen-bond donors (Lipinski definition) is 0. The fourth-order valence-corrected chi connectivity index (χ4v) is 5.04. The Balaban J connectivity index is 1.48. The van der Waals surface area contributed by atoms with Crippen LogP contribution in [0.15, 0.2) is 58.5 Å². The average molecular weight is 474 g/mol. The molecule has 2 aromatic carbocycles. The SMILES string of the molecule is CCn1c(SCc2nnc3n(C)c(=O)c4ccccc4n23)nnc1-c1ccc(C(C)(C)C)cc1. The van der Waals surface area contributed by atoms with Crippen molar-refractivity contribution in [2.75, 3.05) is 0 Å². The highest BCUT2D eigenvalue weighted by Gasteiger charge is 2.19. The molecule has 0 atom stereocenters. The molecular formula is C25H27N7OS. The van der Waals surface area contributed by atoms with Crippen LogP contribution in [0.5, 0.6) is 0 Å². The van der Waals surface area contributed by atoms with E-state index < -0.39 is 0 Å². The summed E-state index contributed by atoms with van der Waals surface area (Å²) >= 11 is 1.56. The van der Waals surface area contributed by atoms with Crippen LogP contribution >= 0.6 is 11.8 Å². The lowest BCUT2D eigenvalue weighted by atomic mass is 9.87. The van der Waals surface area contributed by atoms with Crippen molar-refractivity contribution < 1.29 is 0 Å². The molecule has 0 saturated heterocycles. The zero-order valence-electron chi connectivity index (χ0n) is 20.0. The van der Waals surface area contributed by atoms with Crippen molar-refractivity contribution in [1.82, 2.24) is 33.9 Å². The van der Waals surface area contributed by atoms with Gasteiger partial charge in [-0.25, -0.2) is 0 Å². The Morgan fingerprint density at radius 1 is 0.941 bits per heavy atom. The largest absolute Gasteiger partial charge is 0.302 e. The topological polar surface area (TPSA) is 82.9 Å². The summed E-state index contributed by atoms with van der Waals surface area (Å²) in [7, 11) is 1.72. The van der Waals surface area contributed by atoms with Gasteiger partial charge in [0.15, 0.2) is 11.0 Å².